The molecule has 0 spiro atoms. The van der Waals surface area contributed by atoms with Crippen LogP contribution in [0.2, 0.25) is 0 Å². The molecule has 0 aromatic heterocycles. The van der Waals surface area contributed by atoms with Gasteiger partial charge in [0.25, 0.3) is 0 Å². The predicted octanol–water partition coefficient (Wildman–Crippen LogP) is 1.14. The molecule has 0 rings (SSSR count). The number of unbranched alkanes of at least 4 members (excludes halogenated alkanes) is 2. The SMILES string of the molecule is CCCN(CCCCC#N)CC(=O)NC. The second kappa shape index (κ2) is 9.47. The third kappa shape index (κ3) is 7.95. The highest BCUT2D eigenvalue weighted by Gasteiger charge is 2.07. The normalized spacial score (nSPS) is 10.0. The molecule has 0 aromatic carbocycles. The standard InChI is InChI=1S/C11H21N3O/c1-3-8-14(10-11(15)13-2)9-6-4-5-7-12/h3-6,8-10H2,1-2H3,(H,13,15). The molecule has 0 aromatic rings. The number of nitriles is 1. The highest BCUT2D eigenvalue weighted by Crippen LogP contribution is 1.99. The number of nitrogens with one attached hydrogen (secondary N) is 1. The molecule has 0 saturated heterocycles. The Kier molecular flexibility index (Phi) is 8.79. The van der Waals surface area contributed by atoms with Gasteiger partial charge in [-0.3, -0.25) is 9.69 Å². The van der Waals surface area contributed by atoms with Crippen molar-refractivity contribution in [2.45, 2.75) is 32.6 Å². The molecule has 4 nitrogen and oxygen atoms in total. The fourth-order valence-corrected chi connectivity index (χ4v) is 1.41. The summed E-state index contributed by atoms with van der Waals surface area (Å²) in [5, 5.41) is 11.0. The summed E-state index contributed by atoms with van der Waals surface area (Å²) in [4.78, 5) is 13.3. The zero-order chi connectivity index (χ0) is 11.5. The van der Waals surface area contributed by atoms with E-state index in [0.29, 0.717) is 13.0 Å². The van der Waals surface area contributed by atoms with Gasteiger partial charge < -0.3 is 5.32 Å². The van der Waals surface area contributed by atoms with E-state index in [0.717, 1.165) is 32.4 Å². The molecule has 15 heavy (non-hydrogen) atoms. The number of likely N-dealkylation sites (N-methyl/N-ethyl adjacent to an activating group) is 1. The molecule has 0 aliphatic rings. The van der Waals surface area contributed by atoms with Gasteiger partial charge in [-0.05, 0) is 32.4 Å². The smallest absolute Gasteiger partial charge is 0.233 e. The highest BCUT2D eigenvalue weighted by atomic mass is 16.1. The van der Waals surface area contributed by atoms with Crippen molar-refractivity contribution < 1.29 is 4.79 Å². The monoisotopic (exact) mass is 211 g/mol. The minimum absolute atomic E-state index is 0.0590. The maximum absolute atomic E-state index is 11.2. The first-order valence-corrected chi connectivity index (χ1v) is 5.54. The Balaban J connectivity index is 3.73. The minimum atomic E-state index is 0.0590. The van der Waals surface area contributed by atoms with E-state index >= 15 is 0 Å². The van der Waals surface area contributed by atoms with Crippen LogP contribution in [0.3, 0.4) is 0 Å². The van der Waals surface area contributed by atoms with E-state index in [2.05, 4.69) is 23.2 Å². The van der Waals surface area contributed by atoms with Crippen molar-refractivity contribution in [3.8, 4) is 6.07 Å². The summed E-state index contributed by atoms with van der Waals surface area (Å²) in [7, 11) is 1.65. The number of amides is 1. The third-order valence-electron chi connectivity index (χ3n) is 2.20. The van der Waals surface area contributed by atoms with Crippen LogP contribution in [-0.4, -0.2) is 37.5 Å². The van der Waals surface area contributed by atoms with Crippen molar-refractivity contribution in [1.82, 2.24) is 10.2 Å². The Labute approximate surface area is 92.3 Å². The summed E-state index contributed by atoms with van der Waals surface area (Å²) in [5.74, 6) is 0.0590. The van der Waals surface area contributed by atoms with Crippen molar-refractivity contribution >= 4 is 5.91 Å². The maximum Gasteiger partial charge on any atom is 0.233 e. The molecule has 0 saturated carbocycles. The number of carbonyl (C=O) groups excluding carboxylic acids is 1. The average molecular weight is 211 g/mol. The molecule has 4 heteroatoms. The fourth-order valence-electron chi connectivity index (χ4n) is 1.41. The van der Waals surface area contributed by atoms with Crippen LogP contribution >= 0.6 is 0 Å². The lowest BCUT2D eigenvalue weighted by atomic mass is 10.2. The van der Waals surface area contributed by atoms with Crippen LogP contribution in [0.4, 0.5) is 0 Å². The van der Waals surface area contributed by atoms with Gasteiger partial charge in [0.05, 0.1) is 12.6 Å². The summed E-state index contributed by atoms with van der Waals surface area (Å²) >= 11 is 0. The second-order valence-electron chi connectivity index (χ2n) is 3.56. The predicted molar refractivity (Wildman–Crippen MR) is 60.3 cm³/mol. The van der Waals surface area contributed by atoms with Gasteiger partial charge in [-0.15, -0.1) is 0 Å². The first-order valence-electron chi connectivity index (χ1n) is 5.54. The van der Waals surface area contributed by atoms with Crippen molar-refractivity contribution in [2.24, 2.45) is 0 Å². The molecule has 0 heterocycles. The molecular formula is C11H21N3O. The molecule has 1 amide bonds. The highest BCUT2D eigenvalue weighted by molar-refractivity contribution is 5.77. The molecule has 0 fully saturated rings. The number of carbonyl (C=O) groups is 1. The average Bonchev–Trinajstić information content (AvgIpc) is 2.24. The Morgan fingerprint density at radius 3 is 2.67 bits per heavy atom. The van der Waals surface area contributed by atoms with Crippen molar-refractivity contribution in [1.29, 1.82) is 5.26 Å². The van der Waals surface area contributed by atoms with E-state index in [9.17, 15) is 4.79 Å². The van der Waals surface area contributed by atoms with E-state index in [1.54, 1.807) is 7.05 Å². The molecule has 0 radical (unpaired) electrons. The third-order valence-corrected chi connectivity index (χ3v) is 2.20. The molecule has 0 bridgehead atoms. The largest absolute Gasteiger partial charge is 0.358 e. The molecule has 86 valence electrons. The van der Waals surface area contributed by atoms with E-state index in [-0.39, 0.29) is 5.91 Å². The Morgan fingerprint density at radius 2 is 2.13 bits per heavy atom. The molecule has 0 unspecified atom stereocenters. The quantitative estimate of drug-likeness (QED) is 0.612. The number of rotatable bonds is 8. The van der Waals surface area contributed by atoms with Crippen LogP contribution in [-0.2, 0) is 4.79 Å². The fraction of sp³-hybridized carbons (Fsp3) is 0.818. The Morgan fingerprint density at radius 1 is 1.40 bits per heavy atom. The zero-order valence-corrected chi connectivity index (χ0v) is 9.75. The number of hydrogen-bond acceptors (Lipinski definition) is 3. The lowest BCUT2D eigenvalue weighted by Crippen LogP contribution is -2.36. The molecular weight excluding hydrogens is 190 g/mol. The van der Waals surface area contributed by atoms with E-state index in [1.807, 2.05) is 0 Å². The summed E-state index contributed by atoms with van der Waals surface area (Å²) in [6, 6.07) is 2.13. The molecule has 0 atom stereocenters. The lowest BCUT2D eigenvalue weighted by Gasteiger charge is -2.20. The van der Waals surface area contributed by atoms with E-state index < -0.39 is 0 Å². The van der Waals surface area contributed by atoms with Gasteiger partial charge in [-0.1, -0.05) is 6.92 Å². The first kappa shape index (κ1) is 13.9. The van der Waals surface area contributed by atoms with Gasteiger partial charge in [-0.2, -0.15) is 5.26 Å². The Hall–Kier alpha value is -1.08. The van der Waals surface area contributed by atoms with Crippen LogP contribution in [0, 0.1) is 11.3 Å². The van der Waals surface area contributed by atoms with Crippen LogP contribution < -0.4 is 5.32 Å². The van der Waals surface area contributed by atoms with E-state index in [1.165, 1.54) is 0 Å². The van der Waals surface area contributed by atoms with Crippen LogP contribution in [0.15, 0.2) is 0 Å². The van der Waals surface area contributed by atoms with Gasteiger partial charge >= 0.3 is 0 Å². The van der Waals surface area contributed by atoms with Crippen molar-refractivity contribution in [2.75, 3.05) is 26.7 Å². The van der Waals surface area contributed by atoms with Crippen molar-refractivity contribution in [3.63, 3.8) is 0 Å². The lowest BCUT2D eigenvalue weighted by molar-refractivity contribution is -0.121. The van der Waals surface area contributed by atoms with Gasteiger partial charge in [-0.25, -0.2) is 0 Å². The zero-order valence-electron chi connectivity index (χ0n) is 9.75. The minimum Gasteiger partial charge on any atom is -0.358 e. The van der Waals surface area contributed by atoms with Crippen LogP contribution in [0.1, 0.15) is 32.6 Å². The summed E-state index contributed by atoms with van der Waals surface area (Å²) in [5.41, 5.74) is 0. The van der Waals surface area contributed by atoms with Gasteiger partial charge in [0.1, 0.15) is 0 Å². The van der Waals surface area contributed by atoms with Crippen LogP contribution in [0.25, 0.3) is 0 Å². The van der Waals surface area contributed by atoms with Gasteiger partial charge in [0.2, 0.25) is 5.91 Å². The molecule has 0 aliphatic heterocycles. The number of hydrogen-bond donors (Lipinski definition) is 1. The molecule has 1 N–H and O–H groups in total. The van der Waals surface area contributed by atoms with Gasteiger partial charge in [0, 0.05) is 13.5 Å². The molecule has 0 aliphatic carbocycles. The maximum atomic E-state index is 11.2. The topological polar surface area (TPSA) is 56.1 Å². The Bertz CT molecular complexity index is 210. The number of nitrogens with zero attached hydrogens (tertiary/aromatic N) is 2. The second-order valence-corrected chi connectivity index (χ2v) is 3.56. The summed E-state index contributed by atoms with van der Waals surface area (Å²) in [6.07, 6.45) is 3.57. The first-order chi connectivity index (χ1) is 7.24. The summed E-state index contributed by atoms with van der Waals surface area (Å²) < 4.78 is 0. The van der Waals surface area contributed by atoms with Gasteiger partial charge in [0.15, 0.2) is 0 Å². The van der Waals surface area contributed by atoms with Crippen LogP contribution in [0.5, 0.6) is 0 Å². The summed E-state index contributed by atoms with van der Waals surface area (Å²) in [6.45, 7) is 4.42. The van der Waals surface area contributed by atoms with Crippen molar-refractivity contribution in [3.05, 3.63) is 0 Å². The van der Waals surface area contributed by atoms with E-state index in [4.69, 9.17) is 5.26 Å².